The van der Waals surface area contributed by atoms with Crippen LogP contribution in [0.1, 0.15) is 32.6 Å². The van der Waals surface area contributed by atoms with Crippen molar-refractivity contribution in [2.45, 2.75) is 44.8 Å². The predicted molar refractivity (Wildman–Crippen MR) is 65.3 cm³/mol. The molecule has 2 atom stereocenters. The Morgan fingerprint density at radius 1 is 1.35 bits per heavy atom. The van der Waals surface area contributed by atoms with Crippen LogP contribution in [-0.4, -0.2) is 24.0 Å². The van der Waals surface area contributed by atoms with Crippen molar-refractivity contribution in [2.24, 2.45) is 0 Å². The van der Waals surface area contributed by atoms with E-state index in [1.54, 1.807) is 6.92 Å². The van der Waals surface area contributed by atoms with E-state index >= 15 is 0 Å². The largest absolute Gasteiger partial charge is 0.457 e. The number of amides is 1. The highest BCUT2D eigenvalue weighted by Gasteiger charge is 2.29. The van der Waals surface area contributed by atoms with E-state index in [0.29, 0.717) is 5.57 Å². The molecule has 0 aromatic carbocycles. The molecule has 0 radical (unpaired) electrons. The Bertz CT molecular complexity index is 336. The minimum absolute atomic E-state index is 0.113. The van der Waals surface area contributed by atoms with Gasteiger partial charge in [-0.05, 0) is 32.3 Å². The van der Waals surface area contributed by atoms with Crippen molar-refractivity contribution < 1.29 is 14.3 Å². The van der Waals surface area contributed by atoms with E-state index in [1.165, 1.54) is 6.08 Å². The van der Waals surface area contributed by atoms with Crippen molar-refractivity contribution >= 4 is 11.9 Å². The minimum atomic E-state index is -0.394. The molecule has 0 aromatic rings. The van der Waals surface area contributed by atoms with Crippen LogP contribution in [0.4, 0.5) is 0 Å². The first-order valence-corrected chi connectivity index (χ1v) is 5.84. The van der Waals surface area contributed by atoms with Crippen LogP contribution < -0.4 is 5.32 Å². The van der Waals surface area contributed by atoms with Crippen molar-refractivity contribution in [1.29, 1.82) is 0 Å². The van der Waals surface area contributed by atoms with Crippen LogP contribution in [0.3, 0.4) is 0 Å². The quantitative estimate of drug-likeness (QED) is 0.598. The predicted octanol–water partition coefficient (Wildman–Crippen LogP) is 1.72. The average molecular weight is 237 g/mol. The van der Waals surface area contributed by atoms with E-state index < -0.39 is 5.97 Å². The summed E-state index contributed by atoms with van der Waals surface area (Å²) in [7, 11) is 0. The third-order valence-electron chi connectivity index (χ3n) is 2.82. The molecule has 94 valence electrons. The van der Waals surface area contributed by atoms with Gasteiger partial charge < -0.3 is 10.1 Å². The summed E-state index contributed by atoms with van der Waals surface area (Å²) in [6, 6.07) is -0.113. The van der Waals surface area contributed by atoms with Crippen LogP contribution in [0.25, 0.3) is 0 Å². The second-order valence-corrected chi connectivity index (χ2v) is 4.33. The van der Waals surface area contributed by atoms with E-state index in [9.17, 15) is 9.59 Å². The van der Waals surface area contributed by atoms with Crippen molar-refractivity contribution in [2.75, 3.05) is 0 Å². The molecule has 4 nitrogen and oxygen atoms in total. The van der Waals surface area contributed by atoms with Crippen LogP contribution in [0.15, 0.2) is 24.8 Å². The molecule has 0 spiro atoms. The molecular formula is C13H19NO3. The number of hydrogen-bond acceptors (Lipinski definition) is 3. The number of hydrogen-bond donors (Lipinski definition) is 1. The molecule has 0 bridgehead atoms. The Morgan fingerprint density at radius 3 is 2.59 bits per heavy atom. The Morgan fingerprint density at radius 2 is 2.00 bits per heavy atom. The molecule has 1 aliphatic rings. The summed E-state index contributed by atoms with van der Waals surface area (Å²) < 4.78 is 5.32. The number of ether oxygens (including phenoxy) is 1. The highest BCUT2D eigenvalue weighted by molar-refractivity contribution is 5.88. The number of carbonyl (C=O) groups is 2. The van der Waals surface area contributed by atoms with Crippen LogP contribution in [0.2, 0.25) is 0 Å². The smallest absolute Gasteiger partial charge is 0.333 e. The fourth-order valence-corrected chi connectivity index (χ4v) is 1.88. The highest BCUT2D eigenvalue weighted by atomic mass is 16.5. The lowest BCUT2D eigenvalue weighted by Crippen LogP contribution is -2.46. The average Bonchev–Trinajstić information content (AvgIpc) is 2.31. The van der Waals surface area contributed by atoms with Gasteiger partial charge in [-0.15, -0.1) is 0 Å². The van der Waals surface area contributed by atoms with Crippen molar-refractivity contribution in [1.82, 2.24) is 5.32 Å². The van der Waals surface area contributed by atoms with E-state index in [2.05, 4.69) is 18.5 Å². The zero-order chi connectivity index (χ0) is 12.8. The van der Waals surface area contributed by atoms with Gasteiger partial charge in [0.15, 0.2) is 0 Å². The van der Waals surface area contributed by atoms with E-state index in [4.69, 9.17) is 4.74 Å². The number of esters is 1. The lowest BCUT2D eigenvalue weighted by molar-refractivity contribution is -0.148. The van der Waals surface area contributed by atoms with Crippen LogP contribution >= 0.6 is 0 Å². The van der Waals surface area contributed by atoms with Gasteiger partial charge in [0, 0.05) is 5.57 Å². The Hall–Kier alpha value is -1.58. The number of nitrogens with one attached hydrogen (secondary N) is 1. The molecular weight excluding hydrogens is 218 g/mol. The van der Waals surface area contributed by atoms with Crippen molar-refractivity contribution in [3.05, 3.63) is 24.8 Å². The van der Waals surface area contributed by atoms with Crippen molar-refractivity contribution in [3.63, 3.8) is 0 Å². The molecule has 17 heavy (non-hydrogen) atoms. The van der Waals surface area contributed by atoms with E-state index in [-0.39, 0.29) is 18.1 Å². The monoisotopic (exact) mass is 237 g/mol. The third kappa shape index (κ3) is 4.06. The molecule has 1 N–H and O–H groups in total. The van der Waals surface area contributed by atoms with Gasteiger partial charge in [-0.1, -0.05) is 19.6 Å². The van der Waals surface area contributed by atoms with E-state index in [1.807, 2.05) is 0 Å². The van der Waals surface area contributed by atoms with Gasteiger partial charge in [0.25, 0.3) is 0 Å². The lowest BCUT2D eigenvalue weighted by atomic mass is 9.92. The summed E-state index contributed by atoms with van der Waals surface area (Å²) >= 11 is 0. The molecule has 0 heterocycles. The third-order valence-corrected chi connectivity index (χ3v) is 2.82. The first kappa shape index (κ1) is 13.5. The van der Waals surface area contributed by atoms with Gasteiger partial charge in [0.05, 0.1) is 6.04 Å². The summed E-state index contributed by atoms with van der Waals surface area (Å²) in [5.41, 5.74) is 0.379. The van der Waals surface area contributed by atoms with Gasteiger partial charge in [0.1, 0.15) is 6.10 Å². The number of rotatable bonds is 4. The van der Waals surface area contributed by atoms with Crippen LogP contribution in [-0.2, 0) is 14.3 Å². The first-order chi connectivity index (χ1) is 8.04. The van der Waals surface area contributed by atoms with Gasteiger partial charge in [-0.3, -0.25) is 4.79 Å². The van der Waals surface area contributed by atoms with Crippen LogP contribution in [0.5, 0.6) is 0 Å². The maximum atomic E-state index is 11.5. The molecule has 1 rings (SSSR count). The minimum Gasteiger partial charge on any atom is -0.457 e. The summed E-state index contributed by atoms with van der Waals surface area (Å²) in [5.74, 6) is -0.622. The van der Waals surface area contributed by atoms with Crippen molar-refractivity contribution in [3.8, 4) is 0 Å². The molecule has 0 aliphatic heterocycles. The molecule has 0 aromatic heterocycles. The normalized spacial score (nSPS) is 23.6. The zero-order valence-electron chi connectivity index (χ0n) is 10.2. The fourth-order valence-electron chi connectivity index (χ4n) is 1.88. The van der Waals surface area contributed by atoms with Gasteiger partial charge in [-0.2, -0.15) is 0 Å². The van der Waals surface area contributed by atoms with Gasteiger partial charge >= 0.3 is 5.97 Å². The molecule has 1 fully saturated rings. The van der Waals surface area contributed by atoms with Crippen LogP contribution in [0, 0.1) is 0 Å². The fraction of sp³-hybridized carbons (Fsp3) is 0.538. The standard InChI is InChI=1S/C13H19NO3/c1-4-12(15)14-10-7-5-6-8-11(10)17-13(16)9(2)3/h4,10-11H,1-2,5-8H2,3H3,(H,14,15). The molecule has 2 unspecified atom stereocenters. The highest BCUT2D eigenvalue weighted by Crippen LogP contribution is 2.22. The Kier molecular flexibility index (Phi) is 4.94. The molecule has 1 aliphatic carbocycles. The summed E-state index contributed by atoms with van der Waals surface area (Å²) in [6.45, 7) is 8.56. The first-order valence-electron chi connectivity index (χ1n) is 5.84. The summed E-state index contributed by atoms with van der Waals surface area (Å²) in [4.78, 5) is 22.7. The number of carbonyl (C=O) groups excluding carboxylic acids is 2. The Balaban J connectivity index is 2.59. The van der Waals surface area contributed by atoms with Gasteiger partial charge in [-0.25, -0.2) is 4.79 Å². The summed E-state index contributed by atoms with van der Waals surface area (Å²) in [6.07, 6.45) is 4.62. The zero-order valence-corrected chi connectivity index (χ0v) is 10.2. The van der Waals surface area contributed by atoms with E-state index in [0.717, 1.165) is 25.7 Å². The molecule has 0 saturated heterocycles. The maximum absolute atomic E-state index is 11.5. The SMILES string of the molecule is C=CC(=O)NC1CCCCC1OC(=O)C(=C)C. The lowest BCUT2D eigenvalue weighted by Gasteiger charge is -2.31. The second kappa shape index (κ2) is 6.23. The summed E-state index contributed by atoms with van der Waals surface area (Å²) in [5, 5.41) is 2.80. The van der Waals surface area contributed by atoms with Gasteiger partial charge in [0.2, 0.25) is 5.91 Å². The second-order valence-electron chi connectivity index (χ2n) is 4.33. The molecule has 4 heteroatoms. The Labute approximate surface area is 102 Å². The molecule has 1 amide bonds. The topological polar surface area (TPSA) is 55.4 Å². The molecule has 1 saturated carbocycles. The maximum Gasteiger partial charge on any atom is 0.333 e.